The minimum Gasteiger partial charge on any atom is -0.661 e. The average molecular weight is 1180 g/mol. The number of hydrogen-bond donors (Lipinski definition) is 0. The number of fused-ring (bicyclic) bond motifs is 7. The molecule has 0 bridgehead atoms. The second kappa shape index (κ2) is 20.5. The summed E-state index contributed by atoms with van der Waals surface area (Å²) in [5.41, 5.74) is 15.8. The van der Waals surface area contributed by atoms with E-state index < -0.39 is 27.0 Å². The molecule has 4 nitrogen and oxygen atoms in total. The molecule has 12 rings (SSSR count). The van der Waals surface area contributed by atoms with Crippen LogP contribution in [0, 0.1) is 52.5 Å². The molecule has 0 spiro atoms. The summed E-state index contributed by atoms with van der Waals surface area (Å²) in [6.07, 6.45) is 1.41. The molecule has 0 N–H and O–H groups in total. The summed E-state index contributed by atoms with van der Waals surface area (Å²) in [6.45, 7) is 17.5. The van der Waals surface area contributed by atoms with Crippen LogP contribution in [-0.4, -0.2) is 13.1 Å². The van der Waals surface area contributed by atoms with E-state index in [0.29, 0.717) is 27.8 Å². The number of para-hydroxylation sites is 1. The minimum absolute atomic E-state index is 0. The zero-order chi connectivity index (χ0) is 55.0. The predicted molar refractivity (Wildman–Crippen MR) is 312 cm³/mol. The zero-order valence-corrected chi connectivity index (χ0v) is 47.2. The fourth-order valence-corrected chi connectivity index (χ4v) is 12.6. The number of rotatable bonds is 8. The maximum Gasteiger partial charge on any atom is 3.00 e. The van der Waals surface area contributed by atoms with Crippen molar-refractivity contribution in [3.8, 4) is 22.4 Å². The summed E-state index contributed by atoms with van der Waals surface area (Å²) in [4.78, 5) is 7.01. The van der Waals surface area contributed by atoms with E-state index in [4.69, 9.17) is 18.8 Å². The maximum atomic E-state index is 15.5. The van der Waals surface area contributed by atoms with Gasteiger partial charge in [0.15, 0.2) is 0 Å². The molecule has 1 aliphatic heterocycles. The van der Waals surface area contributed by atoms with Crippen molar-refractivity contribution in [3.63, 3.8) is 0 Å². The second-order valence-electron chi connectivity index (χ2n) is 20.9. The molecule has 0 aliphatic carbocycles. The fraction of sp³-hybridized carbons (Fsp3) is 0.191. The third-order valence-electron chi connectivity index (χ3n) is 15.2. The van der Waals surface area contributed by atoms with Crippen molar-refractivity contribution in [1.29, 1.82) is 0 Å². The molecule has 9 aromatic carbocycles. The first-order chi connectivity index (χ1) is 37.2. The number of halogens is 1. The number of anilines is 2. The Morgan fingerprint density at radius 3 is 2.04 bits per heavy atom. The van der Waals surface area contributed by atoms with Crippen LogP contribution in [0.5, 0.6) is 0 Å². The van der Waals surface area contributed by atoms with Crippen LogP contribution >= 0.6 is 0 Å². The van der Waals surface area contributed by atoms with Crippen LogP contribution in [0.3, 0.4) is 0 Å². The summed E-state index contributed by atoms with van der Waals surface area (Å²) >= 11 is 0. The maximum absolute atomic E-state index is 15.5. The molecular weight excluding hydrogens is 1110 g/mol. The number of pyridine rings is 1. The van der Waals surface area contributed by atoms with E-state index in [0.717, 1.165) is 50.3 Å². The van der Waals surface area contributed by atoms with Gasteiger partial charge in [-0.2, -0.15) is 6.07 Å². The van der Waals surface area contributed by atoms with Gasteiger partial charge < -0.3 is 19.6 Å². The van der Waals surface area contributed by atoms with Gasteiger partial charge in [0.1, 0.15) is 5.58 Å². The molecule has 0 amide bonds. The normalized spacial score (nSPS) is 15.4. The van der Waals surface area contributed by atoms with Crippen molar-refractivity contribution in [2.45, 2.75) is 86.0 Å². The molecule has 0 fully saturated rings. The van der Waals surface area contributed by atoms with Crippen LogP contribution < -0.4 is 10.1 Å². The fourth-order valence-electron chi connectivity index (χ4n) is 11.0. The molecule has 11 aromatic rings. The molecule has 0 saturated carbocycles. The predicted octanol–water partition coefficient (Wildman–Crippen LogP) is 18.9. The molecule has 0 saturated heterocycles. The summed E-state index contributed by atoms with van der Waals surface area (Å²) in [6, 6.07) is 60.6. The van der Waals surface area contributed by atoms with Crippen LogP contribution in [-0.2, 0) is 20.1 Å². The number of aryl methyl sites for hydroxylation is 5. The van der Waals surface area contributed by atoms with Crippen molar-refractivity contribution in [2.75, 3.05) is 4.90 Å². The van der Waals surface area contributed by atoms with Gasteiger partial charge in [-0.25, -0.2) is 0 Å². The Balaban J connectivity index is 0.000000192. The van der Waals surface area contributed by atoms with Crippen molar-refractivity contribution < 1.29 is 34.4 Å². The van der Waals surface area contributed by atoms with Gasteiger partial charge in [0.25, 0.3) is 0 Å². The Kier molecular flexibility index (Phi) is 12.7. The molecule has 2 aromatic heterocycles. The minimum atomic E-state index is -2.15. The van der Waals surface area contributed by atoms with Gasteiger partial charge in [-0.1, -0.05) is 161 Å². The van der Waals surface area contributed by atoms with Gasteiger partial charge in [-0.3, -0.25) is 4.39 Å². The number of aromatic nitrogens is 1. The Hall–Kier alpha value is -7.15. The summed E-state index contributed by atoms with van der Waals surface area (Å²) in [5, 5.41) is 12.7. The van der Waals surface area contributed by atoms with Crippen LogP contribution in [0.4, 0.5) is 21.5 Å². The molecule has 0 radical (unpaired) electrons. The van der Waals surface area contributed by atoms with Crippen molar-refractivity contribution in [1.82, 2.24) is 4.98 Å². The number of nitrogens with zero attached hydrogens (tertiary/aromatic N) is 3. The molecule has 3 unspecified atom stereocenters. The molecule has 3 heterocycles. The average Bonchev–Trinajstić information content (AvgIpc) is 4.24. The Morgan fingerprint density at radius 1 is 0.707 bits per heavy atom. The SMILES string of the molecule is Cc1cc(-c2ccccc2)cc(C)c1N1c2cc3c(C)c(C)c4ccccc4c3cc2[N-]C1c1[c-]cc(F)c2c1oc1ccccc12.[2H]C([2H])([2H])c1c[c-]c(-c2cc(C([2H])(C)C(C)c3ccccc3)c([Si](C)(C)C)cn2)cc1.[Ir+3]. The van der Waals surface area contributed by atoms with E-state index in [1.165, 1.54) is 61.1 Å². The topological polar surface area (TPSA) is 43.4 Å². The van der Waals surface area contributed by atoms with Crippen molar-refractivity contribution >= 4 is 73.8 Å². The molecule has 3 atom stereocenters. The van der Waals surface area contributed by atoms with Crippen molar-refractivity contribution in [3.05, 3.63) is 238 Å². The standard InChI is InChI=1S/C43H31FN2O.C25H30NSi.Ir/c1-24-20-29(28-12-6-5-7-13-28)21-25(2)41(24)46-38-23-34-27(4)26(3)30-14-8-9-15-31(30)35(34)22-37(38)45-43(46)33-18-19-36(44)40-32-16-10-11-17-39(32)47-42(33)40;1-18-12-14-22(15-13-18)24-16-23(25(17-26-24)27(4,5)6)20(3)19(2)21-10-8-7-9-11-21;/h5-17,19-23,43H,1-4H3;7-14,16-17,19-20H,1-6H3;/q-2;-1;+3/i;1D3,20D;. The first-order valence-corrected chi connectivity index (χ1v) is 28.9. The first-order valence-electron chi connectivity index (χ1n) is 27.4. The largest absolute Gasteiger partial charge is 3.00 e. The summed E-state index contributed by atoms with van der Waals surface area (Å²) < 4.78 is 54.0. The summed E-state index contributed by atoms with van der Waals surface area (Å²) in [5.74, 6) is -1.22. The van der Waals surface area contributed by atoms with Gasteiger partial charge in [0, 0.05) is 39.8 Å². The number of furan rings is 1. The van der Waals surface area contributed by atoms with Gasteiger partial charge in [0.05, 0.1) is 8.07 Å². The summed E-state index contributed by atoms with van der Waals surface area (Å²) in [7, 11) is -1.76. The van der Waals surface area contributed by atoms with Gasteiger partial charge in [0.2, 0.25) is 0 Å². The monoisotopic (exact) mass is 1180 g/mol. The smallest absolute Gasteiger partial charge is 0.661 e. The van der Waals surface area contributed by atoms with E-state index in [9.17, 15) is 1.37 Å². The molecule has 1 aliphatic rings. The van der Waals surface area contributed by atoms with Crippen LogP contribution in [0.1, 0.15) is 81.8 Å². The van der Waals surface area contributed by atoms with Crippen molar-refractivity contribution in [2.24, 2.45) is 0 Å². The molecule has 7 heteroatoms. The van der Waals surface area contributed by atoms with E-state index in [2.05, 4.69) is 156 Å². The van der Waals surface area contributed by atoms with Crippen LogP contribution in [0.25, 0.3) is 71.2 Å². The van der Waals surface area contributed by atoms with E-state index >= 15 is 4.39 Å². The van der Waals surface area contributed by atoms with E-state index in [1.807, 2.05) is 67.7 Å². The third kappa shape index (κ3) is 9.41. The second-order valence-corrected chi connectivity index (χ2v) is 25.9. The third-order valence-corrected chi connectivity index (χ3v) is 17.2. The van der Waals surface area contributed by atoms with Crippen LogP contribution in [0.15, 0.2) is 174 Å². The molecule has 374 valence electrons. The molecule has 75 heavy (non-hydrogen) atoms. The van der Waals surface area contributed by atoms with Gasteiger partial charge >= 0.3 is 20.1 Å². The van der Waals surface area contributed by atoms with Gasteiger partial charge in [-0.15, -0.1) is 52.7 Å². The van der Waals surface area contributed by atoms with Crippen LogP contribution in [0.2, 0.25) is 19.6 Å². The van der Waals surface area contributed by atoms with E-state index in [1.54, 1.807) is 12.1 Å². The Labute approximate surface area is 461 Å². The Morgan fingerprint density at radius 2 is 1.36 bits per heavy atom. The number of hydrogen-bond acceptors (Lipinski definition) is 3. The number of benzene rings is 9. The zero-order valence-electron chi connectivity index (χ0n) is 47.8. The quantitative estimate of drug-likeness (QED) is 0.0865. The molecular formula is C68H61FIrN3OSi. The van der Waals surface area contributed by atoms with Gasteiger partial charge in [-0.05, 0) is 147 Å². The first kappa shape index (κ1) is 46.4. The van der Waals surface area contributed by atoms with E-state index in [-0.39, 0.29) is 37.4 Å². The Bertz CT molecular complexity index is 4080.